The van der Waals surface area contributed by atoms with E-state index in [1.54, 1.807) is 0 Å². The van der Waals surface area contributed by atoms with Crippen molar-refractivity contribution in [3.05, 3.63) is 25.3 Å². The second-order valence-corrected chi connectivity index (χ2v) is 4.35. The van der Waals surface area contributed by atoms with Crippen LogP contribution in [-0.4, -0.2) is 24.5 Å². The highest BCUT2D eigenvalue weighted by Gasteiger charge is 2.40. The minimum absolute atomic E-state index is 0.647. The van der Waals surface area contributed by atoms with Gasteiger partial charge in [-0.2, -0.15) is 0 Å². The van der Waals surface area contributed by atoms with Crippen molar-refractivity contribution in [2.45, 2.75) is 46.1 Å². The first-order chi connectivity index (χ1) is 7.22. The second kappa shape index (κ2) is 6.84. The van der Waals surface area contributed by atoms with E-state index >= 15 is 0 Å². The third-order valence-corrected chi connectivity index (χ3v) is 3.33. The molecule has 0 aromatic heterocycles. The predicted octanol–water partition coefficient (Wildman–Crippen LogP) is 3.88. The Balaban J connectivity index is 0.000000442. The Morgan fingerprint density at radius 1 is 1.20 bits per heavy atom. The van der Waals surface area contributed by atoms with Gasteiger partial charge in [0.2, 0.25) is 0 Å². The van der Waals surface area contributed by atoms with Crippen LogP contribution >= 0.6 is 0 Å². The summed E-state index contributed by atoms with van der Waals surface area (Å²) >= 11 is 0. The van der Waals surface area contributed by atoms with Gasteiger partial charge in [-0.1, -0.05) is 26.0 Å². The number of hydrogen-bond acceptors (Lipinski definition) is 1. The van der Waals surface area contributed by atoms with Crippen LogP contribution in [0.4, 0.5) is 0 Å². The fourth-order valence-corrected chi connectivity index (χ4v) is 2.58. The molecule has 1 atom stereocenters. The van der Waals surface area contributed by atoms with Gasteiger partial charge >= 0.3 is 0 Å². The molecule has 1 saturated heterocycles. The van der Waals surface area contributed by atoms with E-state index in [2.05, 4.69) is 44.2 Å². The quantitative estimate of drug-likeness (QED) is 0.547. The zero-order valence-electron chi connectivity index (χ0n) is 10.9. The molecular formula is C14H27N. The highest BCUT2D eigenvalue weighted by Crippen LogP contribution is 2.43. The molecule has 2 aliphatic rings. The first-order valence-corrected chi connectivity index (χ1v) is 6.07. The van der Waals surface area contributed by atoms with Crippen molar-refractivity contribution in [1.82, 2.24) is 4.90 Å². The maximum atomic E-state index is 3.00. The van der Waals surface area contributed by atoms with Crippen LogP contribution in [0.15, 0.2) is 25.3 Å². The van der Waals surface area contributed by atoms with Crippen LogP contribution in [0.25, 0.3) is 0 Å². The average molecular weight is 209 g/mol. The minimum Gasteiger partial charge on any atom is -0.303 e. The highest BCUT2D eigenvalue weighted by molar-refractivity contribution is 5.07. The van der Waals surface area contributed by atoms with E-state index in [9.17, 15) is 0 Å². The van der Waals surface area contributed by atoms with Crippen molar-refractivity contribution in [3.8, 4) is 0 Å². The van der Waals surface area contributed by atoms with Gasteiger partial charge in [-0.15, -0.1) is 13.2 Å². The zero-order valence-corrected chi connectivity index (χ0v) is 10.9. The van der Waals surface area contributed by atoms with Crippen LogP contribution in [0.5, 0.6) is 0 Å². The van der Waals surface area contributed by atoms with Gasteiger partial charge < -0.3 is 4.90 Å². The average Bonchev–Trinajstić information content (AvgIpc) is 2.82. The molecule has 1 aliphatic carbocycles. The molecule has 0 bridgehead atoms. The Labute approximate surface area is 95.9 Å². The Bertz CT molecular complexity index is 176. The lowest BCUT2D eigenvalue weighted by Gasteiger charge is -2.21. The summed E-state index contributed by atoms with van der Waals surface area (Å²) in [5.74, 6) is 0. The van der Waals surface area contributed by atoms with Gasteiger partial charge in [-0.3, -0.25) is 0 Å². The largest absolute Gasteiger partial charge is 0.303 e. The molecular weight excluding hydrogens is 182 g/mol. The highest BCUT2D eigenvalue weighted by atomic mass is 15.2. The fraction of sp³-hybridized carbons (Fsp3) is 0.714. The third kappa shape index (κ3) is 3.49. The van der Waals surface area contributed by atoms with E-state index < -0.39 is 0 Å². The van der Waals surface area contributed by atoms with Crippen LogP contribution < -0.4 is 0 Å². The molecule has 0 aromatic carbocycles. The van der Waals surface area contributed by atoms with Crippen molar-refractivity contribution < 1.29 is 0 Å². The SMILES string of the molecule is C=C.CC.CC1CC2(CC=CC2)CN1C. The molecule has 88 valence electrons. The van der Waals surface area contributed by atoms with E-state index in [1.807, 2.05) is 13.8 Å². The molecule has 0 aromatic rings. The number of hydrogen-bond donors (Lipinski definition) is 0. The molecule has 0 radical (unpaired) electrons. The van der Waals surface area contributed by atoms with E-state index in [4.69, 9.17) is 0 Å². The number of likely N-dealkylation sites (tertiary alicyclic amines) is 1. The van der Waals surface area contributed by atoms with E-state index in [-0.39, 0.29) is 0 Å². The van der Waals surface area contributed by atoms with E-state index in [1.165, 1.54) is 25.8 Å². The van der Waals surface area contributed by atoms with Crippen molar-refractivity contribution in [3.63, 3.8) is 0 Å². The first kappa shape index (κ1) is 14.4. The summed E-state index contributed by atoms with van der Waals surface area (Å²) in [6.45, 7) is 13.6. The van der Waals surface area contributed by atoms with E-state index in [0.29, 0.717) is 5.41 Å². The van der Waals surface area contributed by atoms with Gasteiger partial charge in [0.15, 0.2) is 0 Å². The first-order valence-electron chi connectivity index (χ1n) is 6.07. The second-order valence-electron chi connectivity index (χ2n) is 4.35. The standard InChI is InChI=1S/C10H17N.C2H6.C2H4/c1-9-7-10(8-11(9)2)5-3-4-6-10;2*1-2/h3-4,9H,5-8H2,1-2H3;1-2H3;1-2H2. The smallest absolute Gasteiger partial charge is 0.00701 e. The number of rotatable bonds is 0. The minimum atomic E-state index is 0.647. The maximum absolute atomic E-state index is 3.00. The summed E-state index contributed by atoms with van der Waals surface area (Å²) in [6, 6.07) is 0.801. The monoisotopic (exact) mass is 209 g/mol. The predicted molar refractivity (Wildman–Crippen MR) is 70.1 cm³/mol. The molecule has 2 rings (SSSR count). The molecule has 15 heavy (non-hydrogen) atoms. The summed E-state index contributed by atoms with van der Waals surface area (Å²) in [5.41, 5.74) is 0.647. The maximum Gasteiger partial charge on any atom is 0.00701 e. The summed E-state index contributed by atoms with van der Waals surface area (Å²) in [5, 5.41) is 0. The van der Waals surface area contributed by atoms with Gasteiger partial charge in [-0.05, 0) is 38.6 Å². The Morgan fingerprint density at radius 3 is 2.00 bits per heavy atom. The van der Waals surface area contributed by atoms with Crippen molar-refractivity contribution in [1.29, 1.82) is 0 Å². The Hall–Kier alpha value is -0.560. The topological polar surface area (TPSA) is 3.24 Å². The lowest BCUT2D eigenvalue weighted by Crippen LogP contribution is -2.24. The van der Waals surface area contributed by atoms with Gasteiger partial charge in [-0.25, -0.2) is 0 Å². The van der Waals surface area contributed by atoms with Crippen molar-refractivity contribution in [2.75, 3.05) is 13.6 Å². The molecule has 0 N–H and O–H groups in total. The van der Waals surface area contributed by atoms with Crippen LogP contribution in [0.1, 0.15) is 40.0 Å². The number of allylic oxidation sites excluding steroid dienone is 2. The summed E-state index contributed by atoms with van der Waals surface area (Å²) in [7, 11) is 2.25. The normalized spacial score (nSPS) is 26.8. The molecule has 1 heterocycles. The van der Waals surface area contributed by atoms with E-state index in [0.717, 1.165) is 6.04 Å². The van der Waals surface area contributed by atoms with Crippen LogP contribution in [0.2, 0.25) is 0 Å². The molecule has 0 saturated carbocycles. The molecule has 0 amide bonds. The lowest BCUT2D eigenvalue weighted by molar-refractivity contribution is 0.288. The Kier molecular flexibility index (Phi) is 6.58. The summed E-state index contributed by atoms with van der Waals surface area (Å²) < 4.78 is 0. The summed E-state index contributed by atoms with van der Waals surface area (Å²) in [6.07, 6.45) is 8.75. The Morgan fingerprint density at radius 2 is 1.67 bits per heavy atom. The van der Waals surface area contributed by atoms with Gasteiger partial charge in [0.1, 0.15) is 0 Å². The molecule has 1 aliphatic heterocycles. The third-order valence-electron chi connectivity index (χ3n) is 3.33. The molecule has 1 heteroatoms. The van der Waals surface area contributed by atoms with Gasteiger partial charge in [0.05, 0.1) is 0 Å². The molecule has 1 nitrogen and oxygen atoms in total. The zero-order chi connectivity index (χ0) is 11.9. The van der Waals surface area contributed by atoms with Gasteiger partial charge in [0, 0.05) is 12.6 Å². The molecule has 1 fully saturated rings. The summed E-state index contributed by atoms with van der Waals surface area (Å²) in [4.78, 5) is 2.49. The lowest BCUT2D eigenvalue weighted by atomic mass is 9.83. The van der Waals surface area contributed by atoms with Crippen molar-refractivity contribution >= 4 is 0 Å². The van der Waals surface area contributed by atoms with Crippen LogP contribution in [0, 0.1) is 5.41 Å². The number of nitrogens with zero attached hydrogens (tertiary/aromatic N) is 1. The van der Waals surface area contributed by atoms with Crippen LogP contribution in [-0.2, 0) is 0 Å². The van der Waals surface area contributed by atoms with Crippen molar-refractivity contribution in [2.24, 2.45) is 5.41 Å². The van der Waals surface area contributed by atoms with Gasteiger partial charge in [0.25, 0.3) is 0 Å². The molecule has 1 unspecified atom stereocenters. The molecule has 1 spiro atoms. The fourth-order valence-electron chi connectivity index (χ4n) is 2.58. The van der Waals surface area contributed by atoms with Crippen LogP contribution in [0.3, 0.4) is 0 Å².